The molecule has 0 aromatic carbocycles. The van der Waals surface area contributed by atoms with Crippen LogP contribution in [0.2, 0.25) is 0 Å². The first kappa shape index (κ1) is 12.1. The van der Waals surface area contributed by atoms with Crippen LogP contribution in [0.5, 0.6) is 0 Å². The van der Waals surface area contributed by atoms with Crippen LogP contribution in [0.15, 0.2) is 12.4 Å². The second kappa shape index (κ2) is 4.43. The Morgan fingerprint density at radius 1 is 1.20 bits per heavy atom. The molecule has 4 bridgehead atoms. The highest BCUT2D eigenvalue weighted by Gasteiger charge is 2.49. The van der Waals surface area contributed by atoms with Crippen molar-refractivity contribution in [2.45, 2.75) is 38.1 Å². The number of rotatable bonds is 3. The molecule has 5 heteroatoms. The van der Waals surface area contributed by atoms with Gasteiger partial charge >= 0.3 is 5.97 Å². The van der Waals surface area contributed by atoms with Crippen LogP contribution < -0.4 is 0 Å². The molecular weight excluding hydrogens is 254 g/mol. The fourth-order valence-electron chi connectivity index (χ4n) is 5.10. The zero-order valence-corrected chi connectivity index (χ0v) is 11.4. The monoisotopic (exact) mass is 273 g/mol. The van der Waals surface area contributed by atoms with E-state index < -0.39 is 5.97 Å². The third kappa shape index (κ3) is 1.87. The minimum absolute atomic E-state index is 0.478. The average molecular weight is 273 g/mol. The Labute approximate surface area is 117 Å². The maximum atomic E-state index is 10.7. The largest absolute Gasteiger partial charge is 0.478 e. The predicted octanol–water partition coefficient (Wildman–Crippen LogP) is 2.37. The van der Waals surface area contributed by atoms with E-state index in [1.165, 1.54) is 32.1 Å². The van der Waals surface area contributed by atoms with Gasteiger partial charge in [-0.3, -0.25) is 0 Å². The number of hydrogen-bond donors (Lipinski definition) is 1. The number of carbonyl (C=O) groups is 1. The maximum absolute atomic E-state index is 10.7. The number of nitrogens with zero attached hydrogens (tertiary/aromatic N) is 3. The summed E-state index contributed by atoms with van der Waals surface area (Å²) in [6.07, 6.45) is 11.3. The number of hydrogen-bond acceptors (Lipinski definition) is 3. The van der Waals surface area contributed by atoms with E-state index in [4.69, 9.17) is 5.11 Å². The van der Waals surface area contributed by atoms with Crippen LogP contribution in [0.1, 0.15) is 44.0 Å². The van der Waals surface area contributed by atoms with E-state index in [1.54, 1.807) is 12.4 Å². The molecule has 0 aliphatic heterocycles. The van der Waals surface area contributed by atoms with E-state index in [2.05, 4.69) is 14.8 Å². The van der Waals surface area contributed by atoms with Crippen molar-refractivity contribution >= 4 is 12.0 Å². The maximum Gasteiger partial charge on any atom is 0.328 e. The average Bonchev–Trinajstić information content (AvgIpc) is 2.83. The van der Waals surface area contributed by atoms with E-state index in [0.29, 0.717) is 11.9 Å². The minimum atomic E-state index is -0.940. The predicted molar refractivity (Wildman–Crippen MR) is 72.8 cm³/mol. The summed E-state index contributed by atoms with van der Waals surface area (Å²) in [5.41, 5.74) is 0. The molecule has 1 aromatic heterocycles. The van der Waals surface area contributed by atoms with E-state index in [9.17, 15) is 4.79 Å². The summed E-state index contributed by atoms with van der Waals surface area (Å²) < 4.78 is 2.13. The lowest BCUT2D eigenvalue weighted by atomic mass is 9.54. The first-order chi connectivity index (χ1) is 9.70. The van der Waals surface area contributed by atoms with Crippen LogP contribution >= 0.6 is 0 Å². The van der Waals surface area contributed by atoms with E-state index in [1.807, 2.05) is 0 Å². The van der Waals surface area contributed by atoms with Crippen molar-refractivity contribution in [3.63, 3.8) is 0 Å². The molecule has 5 rings (SSSR count). The van der Waals surface area contributed by atoms with Crippen LogP contribution in [0.4, 0.5) is 0 Å². The highest BCUT2D eigenvalue weighted by atomic mass is 16.4. The van der Waals surface area contributed by atoms with Crippen molar-refractivity contribution in [2.24, 2.45) is 23.7 Å². The van der Waals surface area contributed by atoms with E-state index in [-0.39, 0.29) is 0 Å². The van der Waals surface area contributed by atoms with Crippen LogP contribution in [-0.2, 0) is 4.79 Å². The Hall–Kier alpha value is -1.65. The SMILES string of the molecule is O=C(O)/C=C/c1nncn1C1C2CC3CC(C2)CC1C3. The second-order valence-electron chi connectivity index (χ2n) is 6.69. The van der Waals surface area contributed by atoms with Crippen LogP contribution in [0.25, 0.3) is 6.08 Å². The Kier molecular flexibility index (Phi) is 2.69. The van der Waals surface area contributed by atoms with Crippen LogP contribution in [0.3, 0.4) is 0 Å². The van der Waals surface area contributed by atoms with Crippen molar-refractivity contribution < 1.29 is 9.90 Å². The summed E-state index contributed by atoms with van der Waals surface area (Å²) in [6, 6.07) is 0.478. The van der Waals surface area contributed by atoms with E-state index >= 15 is 0 Å². The summed E-state index contributed by atoms with van der Waals surface area (Å²) in [7, 11) is 0. The molecular formula is C15H19N3O2. The fourth-order valence-corrected chi connectivity index (χ4v) is 5.10. The third-order valence-corrected chi connectivity index (χ3v) is 5.47. The number of carboxylic acids is 1. The molecule has 5 nitrogen and oxygen atoms in total. The molecule has 1 heterocycles. The van der Waals surface area contributed by atoms with Gasteiger partial charge in [0.05, 0.1) is 0 Å². The first-order valence-electron chi connectivity index (χ1n) is 7.51. The van der Waals surface area contributed by atoms with Gasteiger partial charge in [-0.2, -0.15) is 0 Å². The lowest BCUT2D eigenvalue weighted by molar-refractivity contribution is -0.131. The Morgan fingerprint density at radius 2 is 1.85 bits per heavy atom. The minimum Gasteiger partial charge on any atom is -0.478 e. The van der Waals surface area contributed by atoms with Gasteiger partial charge in [0.1, 0.15) is 6.33 Å². The zero-order valence-electron chi connectivity index (χ0n) is 11.4. The molecule has 1 N–H and O–H groups in total. The quantitative estimate of drug-likeness (QED) is 0.858. The second-order valence-corrected chi connectivity index (χ2v) is 6.69. The van der Waals surface area contributed by atoms with Gasteiger partial charge in [0.25, 0.3) is 0 Å². The van der Waals surface area contributed by atoms with Gasteiger partial charge in [-0.25, -0.2) is 4.79 Å². The summed E-state index contributed by atoms with van der Waals surface area (Å²) in [4.78, 5) is 10.7. The third-order valence-electron chi connectivity index (χ3n) is 5.47. The summed E-state index contributed by atoms with van der Waals surface area (Å²) in [5.74, 6) is 3.08. The fraction of sp³-hybridized carbons (Fsp3) is 0.667. The Balaban J connectivity index is 1.65. The summed E-state index contributed by atoms with van der Waals surface area (Å²) in [6.45, 7) is 0. The van der Waals surface area contributed by atoms with Crippen molar-refractivity contribution in [3.8, 4) is 0 Å². The van der Waals surface area contributed by atoms with Crippen LogP contribution in [-0.4, -0.2) is 25.8 Å². The summed E-state index contributed by atoms with van der Waals surface area (Å²) >= 11 is 0. The topological polar surface area (TPSA) is 68.0 Å². The molecule has 0 amide bonds. The van der Waals surface area contributed by atoms with Crippen molar-refractivity contribution in [2.75, 3.05) is 0 Å². The normalized spacial score (nSPS) is 38.7. The molecule has 4 aliphatic rings. The van der Waals surface area contributed by atoms with Gasteiger partial charge in [-0.15, -0.1) is 10.2 Å². The smallest absolute Gasteiger partial charge is 0.328 e. The van der Waals surface area contributed by atoms with Crippen LogP contribution in [0, 0.1) is 23.7 Å². The lowest BCUT2D eigenvalue weighted by Gasteiger charge is -2.54. The van der Waals surface area contributed by atoms with Crippen molar-refractivity contribution in [1.29, 1.82) is 0 Å². The van der Waals surface area contributed by atoms with Gasteiger partial charge < -0.3 is 9.67 Å². The summed E-state index contributed by atoms with van der Waals surface area (Å²) in [5, 5.41) is 16.9. The van der Waals surface area contributed by atoms with E-state index in [0.717, 1.165) is 29.7 Å². The molecule has 0 saturated heterocycles. The number of carboxylic acid groups (broad SMARTS) is 1. The Morgan fingerprint density at radius 3 is 2.45 bits per heavy atom. The van der Waals surface area contributed by atoms with Gasteiger partial charge in [-0.1, -0.05) is 0 Å². The molecule has 0 unspecified atom stereocenters. The lowest BCUT2D eigenvalue weighted by Crippen LogP contribution is -2.46. The highest BCUT2D eigenvalue weighted by molar-refractivity contribution is 5.84. The van der Waals surface area contributed by atoms with Gasteiger partial charge in [0.2, 0.25) is 0 Å². The first-order valence-corrected chi connectivity index (χ1v) is 7.51. The number of aromatic nitrogens is 3. The zero-order chi connectivity index (χ0) is 13.7. The van der Waals surface area contributed by atoms with Gasteiger partial charge in [0.15, 0.2) is 5.82 Å². The number of aliphatic carboxylic acids is 1. The molecule has 4 aliphatic carbocycles. The molecule has 4 saturated carbocycles. The standard InChI is InChI=1S/C15H19N3O2/c19-14(20)2-1-13-17-16-8-18(13)15-11-4-9-3-10(6-11)7-12(15)5-9/h1-2,8-12,15H,3-7H2,(H,19,20)/b2-1+. The molecule has 0 spiro atoms. The molecule has 0 atom stereocenters. The molecule has 1 aromatic rings. The molecule has 4 fully saturated rings. The van der Waals surface area contributed by atoms with Gasteiger partial charge in [-0.05, 0) is 61.9 Å². The van der Waals surface area contributed by atoms with Gasteiger partial charge in [0, 0.05) is 12.1 Å². The molecule has 20 heavy (non-hydrogen) atoms. The highest BCUT2D eigenvalue weighted by Crippen LogP contribution is 2.58. The molecule has 106 valence electrons. The van der Waals surface area contributed by atoms with Crippen molar-refractivity contribution in [1.82, 2.24) is 14.8 Å². The molecule has 0 radical (unpaired) electrons. The van der Waals surface area contributed by atoms with Crippen molar-refractivity contribution in [3.05, 3.63) is 18.2 Å². The Bertz CT molecular complexity index is 535.